The zero-order valence-corrected chi connectivity index (χ0v) is 20.0. The average Bonchev–Trinajstić information content (AvgIpc) is 3.63. The van der Waals surface area contributed by atoms with Crippen molar-refractivity contribution in [3.05, 3.63) is 88.6 Å². The van der Waals surface area contributed by atoms with E-state index in [1.807, 2.05) is 30.0 Å². The Morgan fingerprint density at radius 2 is 1.89 bits per heavy atom. The van der Waals surface area contributed by atoms with Crippen LogP contribution in [0.1, 0.15) is 58.8 Å². The van der Waals surface area contributed by atoms with Gasteiger partial charge in [-0.25, -0.2) is 4.39 Å². The third-order valence-corrected chi connectivity index (χ3v) is 6.82. The largest absolute Gasteiger partial charge is 0.486 e. The molecule has 2 amide bonds. The van der Waals surface area contributed by atoms with Crippen molar-refractivity contribution in [1.82, 2.24) is 9.80 Å². The second kappa shape index (κ2) is 9.56. The van der Waals surface area contributed by atoms with Crippen molar-refractivity contribution >= 4 is 11.8 Å². The van der Waals surface area contributed by atoms with Gasteiger partial charge in [-0.15, -0.1) is 0 Å². The van der Waals surface area contributed by atoms with Gasteiger partial charge in [-0.3, -0.25) is 9.59 Å². The van der Waals surface area contributed by atoms with E-state index in [-0.39, 0.29) is 42.0 Å². The molecule has 0 saturated heterocycles. The van der Waals surface area contributed by atoms with Gasteiger partial charge in [-0.2, -0.15) is 0 Å². The number of halogens is 1. The number of nitrogens with zero attached hydrogens (tertiary/aromatic N) is 2. The highest BCUT2D eigenvalue weighted by atomic mass is 19.1. The molecule has 1 fully saturated rings. The van der Waals surface area contributed by atoms with E-state index in [9.17, 15) is 14.0 Å². The first-order valence-electron chi connectivity index (χ1n) is 12.1. The molecule has 0 N–H and O–H groups in total. The molecule has 1 atom stereocenters. The van der Waals surface area contributed by atoms with Crippen molar-refractivity contribution in [3.8, 4) is 5.75 Å². The Bertz CT molecular complexity index is 1230. The van der Waals surface area contributed by atoms with E-state index in [1.54, 1.807) is 36.2 Å². The highest BCUT2D eigenvalue weighted by Gasteiger charge is 2.39. The molecule has 5 rings (SSSR count). The minimum atomic E-state index is -0.302. The summed E-state index contributed by atoms with van der Waals surface area (Å²) in [5, 5.41) is 0. The molecule has 0 spiro atoms. The Balaban J connectivity index is 1.39. The Morgan fingerprint density at radius 1 is 1.11 bits per heavy atom. The molecule has 2 heterocycles. The number of rotatable bonds is 7. The van der Waals surface area contributed by atoms with E-state index in [4.69, 9.17) is 9.15 Å². The molecular weight excluding hydrogens is 447 g/mol. The summed E-state index contributed by atoms with van der Waals surface area (Å²) in [6.45, 7) is 3.31. The lowest BCUT2D eigenvalue weighted by Gasteiger charge is -2.38. The number of benzene rings is 2. The van der Waals surface area contributed by atoms with E-state index in [0.717, 1.165) is 36.0 Å². The van der Waals surface area contributed by atoms with Gasteiger partial charge < -0.3 is 19.0 Å². The summed E-state index contributed by atoms with van der Waals surface area (Å²) in [7, 11) is 1.73. The summed E-state index contributed by atoms with van der Waals surface area (Å²) >= 11 is 0. The fraction of sp³-hybridized carbons (Fsp3) is 0.357. The van der Waals surface area contributed by atoms with Gasteiger partial charge in [0, 0.05) is 26.1 Å². The Morgan fingerprint density at radius 3 is 2.60 bits per heavy atom. The zero-order chi connectivity index (χ0) is 24.5. The minimum absolute atomic E-state index is 0.0987. The summed E-state index contributed by atoms with van der Waals surface area (Å²) in [6, 6.07) is 15.4. The lowest BCUT2D eigenvalue weighted by molar-refractivity contribution is -0.134. The average molecular weight is 477 g/mol. The molecule has 2 aromatic carbocycles. The molecule has 6 nitrogen and oxygen atoms in total. The number of carbonyl (C=O) groups is 2. The van der Waals surface area contributed by atoms with E-state index in [2.05, 4.69) is 0 Å². The van der Waals surface area contributed by atoms with Crippen LogP contribution in [0.15, 0.2) is 59.0 Å². The monoisotopic (exact) mass is 476 g/mol. The Labute approximate surface area is 204 Å². The van der Waals surface area contributed by atoms with Crippen LogP contribution in [0.3, 0.4) is 0 Å². The smallest absolute Gasteiger partial charge is 0.289 e. The van der Waals surface area contributed by atoms with E-state index >= 15 is 0 Å². The van der Waals surface area contributed by atoms with E-state index in [1.165, 1.54) is 12.1 Å². The molecule has 1 unspecified atom stereocenters. The van der Waals surface area contributed by atoms with Gasteiger partial charge in [-0.05, 0) is 79.3 Å². The topological polar surface area (TPSA) is 63.0 Å². The second-order valence-corrected chi connectivity index (χ2v) is 9.24. The van der Waals surface area contributed by atoms with E-state index in [0.29, 0.717) is 24.6 Å². The molecule has 0 radical (unpaired) electrons. The van der Waals surface area contributed by atoms with Crippen molar-refractivity contribution in [2.45, 2.75) is 38.8 Å². The predicted octanol–water partition coefficient (Wildman–Crippen LogP) is 4.97. The van der Waals surface area contributed by atoms with Crippen LogP contribution in [-0.4, -0.2) is 41.8 Å². The molecule has 7 heteroatoms. The minimum Gasteiger partial charge on any atom is -0.486 e. The van der Waals surface area contributed by atoms with Crippen LogP contribution in [-0.2, 0) is 17.8 Å². The van der Waals surface area contributed by atoms with Gasteiger partial charge >= 0.3 is 0 Å². The summed E-state index contributed by atoms with van der Waals surface area (Å²) in [5.41, 5.74) is 3.03. The zero-order valence-electron chi connectivity index (χ0n) is 20.0. The molecule has 35 heavy (non-hydrogen) atoms. The molecule has 2 aliphatic rings. The van der Waals surface area contributed by atoms with Crippen LogP contribution in [0, 0.1) is 11.7 Å². The van der Waals surface area contributed by atoms with E-state index < -0.39 is 0 Å². The number of hydrogen-bond donors (Lipinski definition) is 0. The van der Waals surface area contributed by atoms with Crippen LogP contribution in [0.2, 0.25) is 0 Å². The molecule has 1 saturated carbocycles. The van der Waals surface area contributed by atoms with Crippen LogP contribution in [0.4, 0.5) is 4.39 Å². The van der Waals surface area contributed by atoms with Crippen LogP contribution >= 0.6 is 0 Å². The number of amides is 2. The van der Waals surface area contributed by atoms with Gasteiger partial charge in [0.15, 0.2) is 5.76 Å². The first-order chi connectivity index (χ1) is 16.9. The Hall–Kier alpha value is -3.61. The quantitative estimate of drug-likeness (QED) is 0.483. The molecule has 3 aromatic rings. The van der Waals surface area contributed by atoms with Crippen molar-refractivity contribution < 1.29 is 23.1 Å². The van der Waals surface area contributed by atoms with Crippen LogP contribution < -0.4 is 4.74 Å². The summed E-state index contributed by atoms with van der Waals surface area (Å²) in [5.74, 6) is 1.27. The van der Waals surface area contributed by atoms with Crippen molar-refractivity contribution in [2.24, 2.45) is 5.92 Å². The number of fused-ring (bicyclic) bond motifs is 1. The third-order valence-electron chi connectivity index (χ3n) is 6.82. The third kappa shape index (κ3) is 4.81. The number of ether oxygens (including phenoxy) is 1. The number of hydrogen-bond acceptors (Lipinski definition) is 4. The normalized spacial score (nSPS) is 17.1. The maximum absolute atomic E-state index is 13.7. The molecule has 0 bridgehead atoms. The number of furan rings is 1. The lowest BCUT2D eigenvalue weighted by Crippen LogP contribution is -2.41. The molecule has 1 aromatic heterocycles. The number of carbonyl (C=O) groups excluding carboxylic acids is 2. The van der Waals surface area contributed by atoms with Gasteiger partial charge in [0.1, 0.15) is 23.9 Å². The van der Waals surface area contributed by atoms with Crippen molar-refractivity contribution in [2.75, 3.05) is 20.1 Å². The van der Waals surface area contributed by atoms with Gasteiger partial charge in [0.25, 0.3) is 5.91 Å². The predicted molar refractivity (Wildman–Crippen MR) is 129 cm³/mol. The molecule has 182 valence electrons. The lowest BCUT2D eigenvalue weighted by atomic mass is 9.87. The first kappa shape index (κ1) is 23.1. The molecular formula is C28H29FN2O4. The SMILES string of the molecule is CCN(C)C(=O)c1ccc(COc2ccc3c(c2)C(c2ccc(F)cc2)N(C(=O)C2CC2)CC3)o1. The first-order valence-corrected chi connectivity index (χ1v) is 12.1. The van der Waals surface area contributed by atoms with Crippen molar-refractivity contribution in [1.29, 1.82) is 0 Å². The van der Waals surface area contributed by atoms with Gasteiger partial charge in [0.2, 0.25) is 5.91 Å². The highest BCUT2D eigenvalue weighted by Crippen LogP contribution is 2.41. The van der Waals surface area contributed by atoms with Crippen LogP contribution in [0.5, 0.6) is 5.75 Å². The summed E-state index contributed by atoms with van der Waals surface area (Å²) in [6.07, 6.45) is 2.63. The highest BCUT2D eigenvalue weighted by molar-refractivity contribution is 5.91. The second-order valence-electron chi connectivity index (χ2n) is 9.24. The molecule has 1 aliphatic carbocycles. The fourth-order valence-electron chi connectivity index (χ4n) is 4.55. The van der Waals surface area contributed by atoms with Gasteiger partial charge in [0.05, 0.1) is 6.04 Å². The Kier molecular flexibility index (Phi) is 6.32. The summed E-state index contributed by atoms with van der Waals surface area (Å²) < 4.78 is 25.3. The molecule has 1 aliphatic heterocycles. The standard InChI is InChI=1S/C28H29FN2O4/c1-3-30(2)28(33)25-13-12-23(35-25)17-34-22-11-8-18-14-15-31(27(32)20-4-5-20)26(24(18)16-22)19-6-9-21(29)10-7-19/h6-13,16,20,26H,3-5,14-15,17H2,1-2H3. The van der Waals surface area contributed by atoms with Gasteiger partial charge in [-0.1, -0.05) is 18.2 Å². The maximum atomic E-state index is 13.7. The fourth-order valence-corrected chi connectivity index (χ4v) is 4.55. The van der Waals surface area contributed by atoms with Crippen molar-refractivity contribution in [3.63, 3.8) is 0 Å². The van der Waals surface area contributed by atoms with Crippen LogP contribution in [0.25, 0.3) is 0 Å². The summed E-state index contributed by atoms with van der Waals surface area (Å²) in [4.78, 5) is 28.9. The maximum Gasteiger partial charge on any atom is 0.289 e.